The van der Waals surface area contributed by atoms with Crippen LogP contribution >= 0.6 is 0 Å². The van der Waals surface area contributed by atoms with E-state index in [2.05, 4.69) is 17.0 Å². The summed E-state index contributed by atoms with van der Waals surface area (Å²) >= 11 is 0. The number of hydrogen-bond acceptors (Lipinski definition) is 4. The van der Waals surface area contributed by atoms with E-state index in [1.54, 1.807) is 0 Å². The van der Waals surface area contributed by atoms with Crippen molar-refractivity contribution >= 4 is 11.8 Å². The number of unbranched alkanes of at least 4 members (excludes halogenated alkanes) is 3. The lowest BCUT2D eigenvalue weighted by atomic mass is 10.1. The maximum atomic E-state index is 11.6. The van der Waals surface area contributed by atoms with E-state index < -0.39 is 5.91 Å². The van der Waals surface area contributed by atoms with Crippen molar-refractivity contribution in [1.29, 1.82) is 0 Å². The summed E-state index contributed by atoms with van der Waals surface area (Å²) in [5, 5.41) is 3.69. The van der Waals surface area contributed by atoms with Crippen molar-refractivity contribution in [3.05, 3.63) is 12.2 Å². The van der Waals surface area contributed by atoms with Crippen molar-refractivity contribution in [1.82, 2.24) is 14.8 Å². The normalized spacial score (nSPS) is 10.3. The Hall–Kier alpha value is -1.72. The molecule has 0 saturated heterocycles. The zero-order chi connectivity index (χ0) is 12.0. The fourth-order valence-corrected chi connectivity index (χ4v) is 1.31. The van der Waals surface area contributed by atoms with Crippen LogP contribution in [-0.2, 0) is 0 Å². The number of primary amides is 1. The summed E-state index contributed by atoms with van der Waals surface area (Å²) in [7, 11) is 0. The van der Waals surface area contributed by atoms with Gasteiger partial charge < -0.3 is 5.73 Å². The SMILES string of the molecule is CCCCCCC(=O)n1cnc(C(N)=O)n1. The Morgan fingerprint density at radius 1 is 1.38 bits per heavy atom. The lowest BCUT2D eigenvalue weighted by Crippen LogP contribution is -2.16. The minimum Gasteiger partial charge on any atom is -0.363 e. The lowest BCUT2D eigenvalue weighted by Gasteiger charge is -1.98. The summed E-state index contributed by atoms with van der Waals surface area (Å²) in [5.41, 5.74) is 4.98. The number of nitrogens with two attached hydrogens (primary N) is 1. The molecule has 0 aliphatic carbocycles. The molecule has 0 unspecified atom stereocenters. The van der Waals surface area contributed by atoms with E-state index in [1.165, 1.54) is 6.33 Å². The van der Waals surface area contributed by atoms with Crippen molar-refractivity contribution in [3.63, 3.8) is 0 Å². The molecule has 0 aromatic carbocycles. The smallest absolute Gasteiger partial charge is 0.288 e. The lowest BCUT2D eigenvalue weighted by molar-refractivity contribution is 0.0882. The van der Waals surface area contributed by atoms with Crippen LogP contribution in [0.4, 0.5) is 0 Å². The number of nitrogens with zero attached hydrogens (tertiary/aromatic N) is 3. The van der Waals surface area contributed by atoms with Crippen LogP contribution in [0.15, 0.2) is 6.33 Å². The van der Waals surface area contributed by atoms with Crippen LogP contribution in [0.1, 0.15) is 54.4 Å². The molecule has 0 spiro atoms. The first-order chi connectivity index (χ1) is 7.65. The van der Waals surface area contributed by atoms with Crippen LogP contribution in [-0.4, -0.2) is 26.6 Å². The molecule has 1 aromatic heterocycles. The molecule has 0 radical (unpaired) electrons. The summed E-state index contributed by atoms with van der Waals surface area (Å²) in [6, 6.07) is 0. The molecule has 16 heavy (non-hydrogen) atoms. The van der Waals surface area contributed by atoms with E-state index in [-0.39, 0.29) is 11.7 Å². The van der Waals surface area contributed by atoms with Gasteiger partial charge in [-0.25, -0.2) is 4.98 Å². The van der Waals surface area contributed by atoms with Crippen molar-refractivity contribution in [2.45, 2.75) is 39.0 Å². The van der Waals surface area contributed by atoms with Gasteiger partial charge in [-0.2, -0.15) is 4.68 Å². The van der Waals surface area contributed by atoms with Gasteiger partial charge in [-0.3, -0.25) is 9.59 Å². The molecule has 0 atom stereocenters. The molecular weight excluding hydrogens is 208 g/mol. The van der Waals surface area contributed by atoms with Gasteiger partial charge in [0.25, 0.3) is 5.91 Å². The fraction of sp³-hybridized carbons (Fsp3) is 0.600. The highest BCUT2D eigenvalue weighted by Gasteiger charge is 2.11. The van der Waals surface area contributed by atoms with Gasteiger partial charge in [0.05, 0.1) is 0 Å². The molecule has 0 bridgehead atoms. The molecule has 1 aromatic rings. The molecule has 1 heterocycles. The predicted octanol–water partition coefficient (Wildman–Crippen LogP) is 0.988. The standard InChI is InChI=1S/C10H16N4O2/c1-2-3-4-5-6-8(15)14-7-12-10(13-14)9(11)16/h7H,2-6H2,1H3,(H2,11,16). The summed E-state index contributed by atoms with van der Waals surface area (Å²) in [6.45, 7) is 2.11. The second-order valence-corrected chi connectivity index (χ2v) is 3.58. The van der Waals surface area contributed by atoms with E-state index in [9.17, 15) is 9.59 Å². The summed E-state index contributed by atoms with van der Waals surface area (Å²) < 4.78 is 1.08. The summed E-state index contributed by atoms with van der Waals surface area (Å²) in [4.78, 5) is 25.9. The number of hydrogen-bond donors (Lipinski definition) is 1. The minimum absolute atomic E-state index is 0.123. The molecule has 0 aliphatic heterocycles. The van der Waals surface area contributed by atoms with Crippen LogP contribution in [0.25, 0.3) is 0 Å². The maximum absolute atomic E-state index is 11.6. The minimum atomic E-state index is -0.725. The average Bonchev–Trinajstić information content (AvgIpc) is 2.73. The Labute approximate surface area is 93.8 Å². The first-order valence-electron chi connectivity index (χ1n) is 5.39. The van der Waals surface area contributed by atoms with Crippen molar-refractivity contribution in [2.24, 2.45) is 5.73 Å². The summed E-state index contributed by atoms with van der Waals surface area (Å²) in [6.07, 6.45) is 5.75. The Kier molecular flexibility index (Phi) is 4.63. The topological polar surface area (TPSA) is 90.9 Å². The van der Waals surface area contributed by atoms with E-state index in [4.69, 9.17) is 5.73 Å². The van der Waals surface area contributed by atoms with Crippen molar-refractivity contribution < 1.29 is 9.59 Å². The maximum Gasteiger partial charge on any atom is 0.288 e. The summed E-state index contributed by atoms with van der Waals surface area (Å²) in [5.74, 6) is -1.00. The molecule has 6 nitrogen and oxygen atoms in total. The second kappa shape index (κ2) is 5.99. The average molecular weight is 224 g/mol. The van der Waals surface area contributed by atoms with Crippen LogP contribution in [0, 0.1) is 0 Å². The Bertz CT molecular complexity index is 373. The van der Waals surface area contributed by atoms with Gasteiger partial charge >= 0.3 is 0 Å². The van der Waals surface area contributed by atoms with Crippen LogP contribution in [0.2, 0.25) is 0 Å². The molecule has 0 fully saturated rings. The third-order valence-corrected chi connectivity index (χ3v) is 2.21. The highest BCUT2D eigenvalue weighted by Crippen LogP contribution is 2.03. The Balaban J connectivity index is 2.43. The van der Waals surface area contributed by atoms with Crippen molar-refractivity contribution in [3.8, 4) is 0 Å². The molecule has 1 amide bonds. The van der Waals surface area contributed by atoms with E-state index in [1.807, 2.05) is 0 Å². The van der Waals surface area contributed by atoms with E-state index in [0.717, 1.165) is 30.4 Å². The van der Waals surface area contributed by atoms with Gasteiger partial charge in [-0.1, -0.05) is 26.2 Å². The highest BCUT2D eigenvalue weighted by molar-refractivity contribution is 5.89. The van der Waals surface area contributed by atoms with E-state index in [0.29, 0.717) is 6.42 Å². The molecule has 1 rings (SSSR count). The molecule has 88 valence electrons. The van der Waals surface area contributed by atoms with Crippen LogP contribution in [0.3, 0.4) is 0 Å². The third kappa shape index (κ3) is 3.45. The first-order valence-corrected chi connectivity index (χ1v) is 5.39. The Morgan fingerprint density at radius 2 is 2.12 bits per heavy atom. The number of rotatable bonds is 6. The van der Waals surface area contributed by atoms with Gasteiger partial charge in [0.15, 0.2) is 0 Å². The van der Waals surface area contributed by atoms with Gasteiger partial charge in [0, 0.05) is 6.42 Å². The monoisotopic (exact) mass is 224 g/mol. The van der Waals surface area contributed by atoms with Crippen LogP contribution < -0.4 is 5.73 Å². The number of carbonyl (C=O) groups is 2. The number of carbonyl (C=O) groups excluding carboxylic acids is 2. The van der Waals surface area contributed by atoms with E-state index >= 15 is 0 Å². The molecule has 2 N–H and O–H groups in total. The number of amides is 1. The van der Waals surface area contributed by atoms with Gasteiger partial charge in [-0.15, -0.1) is 5.10 Å². The largest absolute Gasteiger partial charge is 0.363 e. The van der Waals surface area contributed by atoms with Gasteiger partial charge in [-0.05, 0) is 6.42 Å². The zero-order valence-electron chi connectivity index (χ0n) is 9.35. The molecule has 0 saturated carbocycles. The molecule has 6 heteroatoms. The molecule has 0 aliphatic rings. The van der Waals surface area contributed by atoms with Crippen molar-refractivity contribution in [2.75, 3.05) is 0 Å². The zero-order valence-corrected chi connectivity index (χ0v) is 9.35. The number of aromatic nitrogens is 3. The Morgan fingerprint density at radius 3 is 2.69 bits per heavy atom. The van der Waals surface area contributed by atoms with Crippen LogP contribution in [0.5, 0.6) is 0 Å². The third-order valence-electron chi connectivity index (χ3n) is 2.21. The first kappa shape index (κ1) is 12.4. The highest BCUT2D eigenvalue weighted by atomic mass is 16.2. The van der Waals surface area contributed by atoms with Gasteiger partial charge in [0.2, 0.25) is 11.7 Å². The molecular formula is C10H16N4O2. The second-order valence-electron chi connectivity index (χ2n) is 3.58. The predicted molar refractivity (Wildman–Crippen MR) is 57.9 cm³/mol. The quantitative estimate of drug-likeness (QED) is 0.729. The fourth-order valence-electron chi connectivity index (χ4n) is 1.31. The van der Waals surface area contributed by atoms with Gasteiger partial charge in [0.1, 0.15) is 6.33 Å².